The van der Waals surface area contributed by atoms with Crippen LogP contribution in [-0.2, 0) is 0 Å². The Kier molecular flexibility index (Phi) is 2.68. The van der Waals surface area contributed by atoms with E-state index >= 15 is 0 Å². The lowest BCUT2D eigenvalue weighted by Crippen LogP contribution is -1.98. The van der Waals surface area contributed by atoms with Crippen LogP contribution < -0.4 is 5.32 Å². The van der Waals surface area contributed by atoms with Gasteiger partial charge in [-0.1, -0.05) is 0 Å². The fourth-order valence-electron chi connectivity index (χ4n) is 1.41. The van der Waals surface area contributed by atoms with Crippen LogP contribution in [0.2, 0.25) is 0 Å². The van der Waals surface area contributed by atoms with E-state index in [-0.39, 0.29) is 0 Å². The second-order valence-electron chi connectivity index (χ2n) is 3.41. The number of thiophene rings is 1. The lowest BCUT2D eigenvalue weighted by Gasteiger charge is -2.03. The fourth-order valence-corrected chi connectivity index (χ4v) is 2.10. The van der Waals surface area contributed by atoms with E-state index in [2.05, 4.69) is 33.7 Å². The van der Waals surface area contributed by atoms with Crippen LogP contribution in [0.5, 0.6) is 0 Å². The van der Waals surface area contributed by atoms with Crippen LogP contribution in [0, 0.1) is 13.8 Å². The summed E-state index contributed by atoms with van der Waals surface area (Å²) in [5.41, 5.74) is 3.13. The summed E-state index contributed by atoms with van der Waals surface area (Å²) in [5, 5.41) is 5.09. The van der Waals surface area contributed by atoms with Crippen molar-refractivity contribution in [1.29, 1.82) is 0 Å². The van der Waals surface area contributed by atoms with Crippen LogP contribution in [0.1, 0.15) is 10.6 Å². The minimum absolute atomic E-state index is 0.675. The lowest BCUT2D eigenvalue weighted by atomic mass is 10.2. The van der Waals surface area contributed by atoms with E-state index < -0.39 is 0 Å². The molecule has 0 spiro atoms. The zero-order valence-corrected chi connectivity index (χ0v) is 9.85. The van der Waals surface area contributed by atoms with E-state index in [0.29, 0.717) is 5.95 Å². The molecule has 2 aromatic heterocycles. The van der Waals surface area contributed by atoms with Gasteiger partial charge >= 0.3 is 0 Å². The molecule has 3 nitrogen and oxygen atoms in total. The van der Waals surface area contributed by atoms with Gasteiger partial charge in [0.05, 0.1) is 5.69 Å². The highest BCUT2D eigenvalue weighted by molar-refractivity contribution is 7.10. The minimum Gasteiger partial charge on any atom is -0.357 e. The van der Waals surface area contributed by atoms with E-state index in [0.717, 1.165) is 11.4 Å². The van der Waals surface area contributed by atoms with Crippen LogP contribution in [0.4, 0.5) is 5.95 Å². The van der Waals surface area contributed by atoms with Crippen molar-refractivity contribution in [2.75, 3.05) is 12.4 Å². The molecule has 0 fully saturated rings. The standard InChI is InChI=1S/C11H13N3S/c1-7-4-10(14-11(12-3)13-7)9-5-8(2)15-6-9/h4-6H,1-3H3,(H,12,13,14). The van der Waals surface area contributed by atoms with Crippen molar-refractivity contribution >= 4 is 17.3 Å². The number of hydrogen-bond acceptors (Lipinski definition) is 4. The van der Waals surface area contributed by atoms with E-state index in [1.54, 1.807) is 11.3 Å². The number of hydrogen-bond donors (Lipinski definition) is 1. The molecule has 78 valence electrons. The maximum Gasteiger partial charge on any atom is 0.223 e. The molecule has 0 saturated carbocycles. The van der Waals surface area contributed by atoms with Crippen LogP contribution in [-0.4, -0.2) is 17.0 Å². The van der Waals surface area contributed by atoms with E-state index in [4.69, 9.17) is 0 Å². The molecule has 1 N–H and O–H groups in total. The zero-order valence-electron chi connectivity index (χ0n) is 9.03. The Balaban J connectivity index is 2.48. The Morgan fingerprint density at radius 1 is 1.20 bits per heavy atom. The summed E-state index contributed by atoms with van der Waals surface area (Å²) >= 11 is 1.74. The highest BCUT2D eigenvalue weighted by Crippen LogP contribution is 2.24. The van der Waals surface area contributed by atoms with Crippen molar-refractivity contribution in [3.8, 4) is 11.3 Å². The van der Waals surface area contributed by atoms with E-state index in [1.165, 1.54) is 10.4 Å². The van der Waals surface area contributed by atoms with Crippen LogP contribution in [0.25, 0.3) is 11.3 Å². The molecule has 2 rings (SSSR count). The number of rotatable bonds is 2. The number of nitrogens with one attached hydrogen (secondary N) is 1. The van der Waals surface area contributed by atoms with Gasteiger partial charge in [-0.3, -0.25) is 0 Å². The monoisotopic (exact) mass is 219 g/mol. The number of aromatic nitrogens is 2. The Morgan fingerprint density at radius 2 is 2.00 bits per heavy atom. The third-order valence-electron chi connectivity index (χ3n) is 2.10. The van der Waals surface area contributed by atoms with E-state index in [9.17, 15) is 0 Å². The quantitative estimate of drug-likeness (QED) is 0.844. The minimum atomic E-state index is 0.675. The maximum absolute atomic E-state index is 4.42. The number of nitrogens with zero attached hydrogens (tertiary/aromatic N) is 2. The van der Waals surface area contributed by atoms with Gasteiger partial charge in [-0.05, 0) is 26.0 Å². The largest absolute Gasteiger partial charge is 0.357 e. The maximum atomic E-state index is 4.42. The molecule has 0 aliphatic rings. The molecule has 0 unspecified atom stereocenters. The summed E-state index contributed by atoms with van der Waals surface area (Å²) in [6.07, 6.45) is 0. The van der Waals surface area contributed by atoms with Gasteiger partial charge in [-0.25, -0.2) is 9.97 Å². The molecule has 0 aliphatic carbocycles. The molecular formula is C11H13N3S. The molecule has 0 bridgehead atoms. The smallest absolute Gasteiger partial charge is 0.223 e. The van der Waals surface area contributed by atoms with Crippen molar-refractivity contribution in [3.05, 3.63) is 28.1 Å². The van der Waals surface area contributed by atoms with Crippen molar-refractivity contribution in [1.82, 2.24) is 9.97 Å². The van der Waals surface area contributed by atoms with Crippen LogP contribution in [0.3, 0.4) is 0 Å². The first-order valence-electron chi connectivity index (χ1n) is 4.78. The fraction of sp³-hybridized carbons (Fsp3) is 0.273. The van der Waals surface area contributed by atoms with Crippen molar-refractivity contribution in [2.45, 2.75) is 13.8 Å². The Labute approximate surface area is 93.2 Å². The number of aryl methyl sites for hydroxylation is 2. The first-order chi connectivity index (χ1) is 7.19. The summed E-state index contributed by atoms with van der Waals surface area (Å²) in [4.78, 5) is 9.98. The molecule has 0 aromatic carbocycles. The third-order valence-corrected chi connectivity index (χ3v) is 2.97. The Bertz CT molecular complexity index is 476. The summed E-state index contributed by atoms with van der Waals surface area (Å²) in [5.74, 6) is 0.675. The van der Waals surface area contributed by atoms with Crippen molar-refractivity contribution in [2.24, 2.45) is 0 Å². The SMILES string of the molecule is CNc1nc(C)cc(-c2csc(C)c2)n1. The Hall–Kier alpha value is -1.42. The zero-order chi connectivity index (χ0) is 10.8. The van der Waals surface area contributed by atoms with Gasteiger partial charge < -0.3 is 5.32 Å². The molecule has 2 heterocycles. The van der Waals surface area contributed by atoms with Crippen molar-refractivity contribution < 1.29 is 0 Å². The molecule has 4 heteroatoms. The molecule has 0 amide bonds. The molecule has 0 radical (unpaired) electrons. The highest BCUT2D eigenvalue weighted by Gasteiger charge is 2.04. The average Bonchev–Trinajstić information content (AvgIpc) is 2.64. The van der Waals surface area contributed by atoms with Crippen LogP contribution in [0.15, 0.2) is 17.5 Å². The average molecular weight is 219 g/mol. The molecule has 0 saturated heterocycles. The van der Waals surface area contributed by atoms with Gasteiger partial charge in [0.15, 0.2) is 0 Å². The normalized spacial score (nSPS) is 10.3. The Morgan fingerprint density at radius 3 is 2.60 bits per heavy atom. The van der Waals surface area contributed by atoms with Crippen LogP contribution >= 0.6 is 11.3 Å². The summed E-state index contributed by atoms with van der Waals surface area (Å²) in [6.45, 7) is 4.08. The molecule has 15 heavy (non-hydrogen) atoms. The highest BCUT2D eigenvalue weighted by atomic mass is 32.1. The lowest BCUT2D eigenvalue weighted by molar-refractivity contribution is 1.10. The second-order valence-corrected chi connectivity index (χ2v) is 4.53. The topological polar surface area (TPSA) is 37.8 Å². The van der Waals surface area contributed by atoms with Gasteiger partial charge in [0.2, 0.25) is 5.95 Å². The molecule has 0 atom stereocenters. The summed E-state index contributed by atoms with van der Waals surface area (Å²) in [7, 11) is 1.83. The van der Waals surface area contributed by atoms with Crippen molar-refractivity contribution in [3.63, 3.8) is 0 Å². The predicted molar refractivity (Wildman–Crippen MR) is 64.4 cm³/mol. The van der Waals surface area contributed by atoms with Gasteiger partial charge in [0.25, 0.3) is 0 Å². The summed E-state index contributed by atoms with van der Waals surface area (Å²) in [6, 6.07) is 4.15. The first-order valence-corrected chi connectivity index (χ1v) is 5.66. The first kappa shape index (κ1) is 10.1. The molecular weight excluding hydrogens is 206 g/mol. The molecule has 0 aliphatic heterocycles. The number of anilines is 1. The van der Waals surface area contributed by atoms with E-state index in [1.807, 2.05) is 20.0 Å². The van der Waals surface area contributed by atoms with Gasteiger partial charge in [-0.2, -0.15) is 0 Å². The predicted octanol–water partition coefficient (Wildman–Crippen LogP) is 2.86. The summed E-state index contributed by atoms with van der Waals surface area (Å²) < 4.78 is 0. The molecule has 2 aromatic rings. The third kappa shape index (κ3) is 2.15. The second kappa shape index (κ2) is 3.98. The van der Waals surface area contributed by atoms with Gasteiger partial charge in [0, 0.05) is 28.6 Å². The van der Waals surface area contributed by atoms with Gasteiger partial charge in [0.1, 0.15) is 0 Å². The van der Waals surface area contributed by atoms with Gasteiger partial charge in [-0.15, -0.1) is 11.3 Å².